The molecule has 5 nitrogen and oxygen atoms in total. The minimum atomic E-state index is 0.227. The fraction of sp³-hybridized carbons (Fsp3) is 0.737. The summed E-state index contributed by atoms with van der Waals surface area (Å²) in [4.78, 5) is 20.4. The Morgan fingerprint density at radius 1 is 1.04 bits per heavy atom. The van der Waals surface area contributed by atoms with E-state index in [0.717, 1.165) is 70.1 Å². The fourth-order valence-corrected chi connectivity index (χ4v) is 5.20. The van der Waals surface area contributed by atoms with Crippen LogP contribution < -0.4 is 4.74 Å². The number of carbonyl (C=O) groups excluding carboxylic acids is 1. The number of thiophene rings is 1. The van der Waals surface area contributed by atoms with Crippen LogP contribution >= 0.6 is 11.3 Å². The van der Waals surface area contributed by atoms with Crippen LogP contribution in [0.15, 0.2) is 6.07 Å². The first-order valence-electron chi connectivity index (χ1n) is 9.80. The quantitative estimate of drug-likeness (QED) is 0.754. The highest BCUT2D eigenvalue weighted by molar-refractivity contribution is 7.14. The van der Waals surface area contributed by atoms with Crippen molar-refractivity contribution in [3.8, 4) is 5.06 Å². The average molecular weight is 364 g/mol. The van der Waals surface area contributed by atoms with Gasteiger partial charge < -0.3 is 19.4 Å². The van der Waals surface area contributed by atoms with E-state index in [2.05, 4.69) is 11.0 Å². The lowest BCUT2D eigenvalue weighted by Gasteiger charge is -2.30. The summed E-state index contributed by atoms with van der Waals surface area (Å²) in [6.07, 6.45) is 7.07. The Balaban J connectivity index is 1.26. The Morgan fingerprint density at radius 2 is 1.80 bits per heavy atom. The van der Waals surface area contributed by atoms with Gasteiger partial charge in [-0.25, -0.2) is 4.79 Å². The normalized spacial score (nSPS) is 21.0. The number of rotatable bonds is 5. The van der Waals surface area contributed by atoms with Crippen LogP contribution in [-0.4, -0.2) is 66.6 Å². The second-order valence-corrected chi connectivity index (χ2v) is 8.51. The van der Waals surface area contributed by atoms with Gasteiger partial charge >= 0.3 is 6.03 Å². The van der Waals surface area contributed by atoms with E-state index in [-0.39, 0.29) is 6.03 Å². The summed E-state index contributed by atoms with van der Waals surface area (Å²) in [5.74, 6) is 0. The number of amides is 2. The molecule has 0 aliphatic carbocycles. The van der Waals surface area contributed by atoms with Gasteiger partial charge in [-0.15, -0.1) is 11.3 Å². The molecule has 0 atom stereocenters. The van der Waals surface area contributed by atoms with E-state index in [1.807, 2.05) is 9.80 Å². The Bertz CT molecular complexity index is 591. The molecule has 0 spiro atoms. The molecule has 0 bridgehead atoms. The van der Waals surface area contributed by atoms with Crippen molar-refractivity contribution in [3.63, 3.8) is 0 Å². The third-order valence-electron chi connectivity index (χ3n) is 5.57. The maximum atomic E-state index is 12.6. The largest absolute Gasteiger partial charge is 0.484 e. The second-order valence-electron chi connectivity index (χ2n) is 7.41. The molecule has 2 amide bonds. The zero-order valence-electron chi connectivity index (χ0n) is 15.0. The molecule has 138 valence electrons. The van der Waals surface area contributed by atoms with Crippen LogP contribution in [0, 0.1) is 0 Å². The summed E-state index contributed by atoms with van der Waals surface area (Å²) in [5, 5.41) is 1.03. The van der Waals surface area contributed by atoms with Gasteiger partial charge in [-0.05, 0) is 63.2 Å². The smallest absolute Gasteiger partial charge is 0.320 e. The molecule has 2 fully saturated rings. The van der Waals surface area contributed by atoms with Crippen molar-refractivity contribution in [3.05, 3.63) is 16.5 Å². The minimum absolute atomic E-state index is 0.227. The molecule has 0 saturated carbocycles. The molecule has 25 heavy (non-hydrogen) atoms. The zero-order valence-corrected chi connectivity index (χ0v) is 15.9. The number of ether oxygens (including phenoxy) is 1. The molecular formula is C19H29N3O2S. The van der Waals surface area contributed by atoms with Gasteiger partial charge in [-0.1, -0.05) is 0 Å². The van der Waals surface area contributed by atoms with Crippen LogP contribution in [-0.2, 0) is 13.0 Å². The van der Waals surface area contributed by atoms with Crippen molar-refractivity contribution in [2.24, 2.45) is 0 Å². The third-order valence-corrected chi connectivity index (χ3v) is 6.64. The number of likely N-dealkylation sites (tertiary alicyclic amines) is 2. The van der Waals surface area contributed by atoms with E-state index < -0.39 is 0 Å². The molecule has 4 heterocycles. The van der Waals surface area contributed by atoms with Gasteiger partial charge in [-0.3, -0.25) is 0 Å². The number of nitrogens with zero attached hydrogens (tertiary/aromatic N) is 3. The molecule has 3 aliphatic rings. The van der Waals surface area contributed by atoms with Crippen molar-refractivity contribution >= 4 is 17.4 Å². The van der Waals surface area contributed by atoms with Crippen molar-refractivity contribution in [1.82, 2.24) is 14.7 Å². The fourth-order valence-electron chi connectivity index (χ4n) is 4.10. The van der Waals surface area contributed by atoms with Gasteiger partial charge in [0.05, 0.1) is 13.2 Å². The van der Waals surface area contributed by atoms with Crippen LogP contribution in [0.4, 0.5) is 4.79 Å². The third kappa shape index (κ3) is 4.11. The Morgan fingerprint density at radius 3 is 2.60 bits per heavy atom. The Kier molecular flexibility index (Phi) is 5.46. The minimum Gasteiger partial charge on any atom is -0.484 e. The summed E-state index contributed by atoms with van der Waals surface area (Å²) in [7, 11) is 0. The Labute approximate surface area is 154 Å². The first kappa shape index (κ1) is 17.2. The van der Waals surface area contributed by atoms with Crippen LogP contribution in [0.3, 0.4) is 0 Å². The molecule has 0 unspecified atom stereocenters. The van der Waals surface area contributed by atoms with Crippen molar-refractivity contribution in [2.45, 2.75) is 45.1 Å². The molecule has 0 aromatic carbocycles. The number of carbonyl (C=O) groups is 1. The predicted molar refractivity (Wildman–Crippen MR) is 100 cm³/mol. The van der Waals surface area contributed by atoms with E-state index >= 15 is 0 Å². The number of fused-ring (bicyclic) bond motifs is 1. The molecule has 1 aromatic rings. The van der Waals surface area contributed by atoms with Gasteiger partial charge in [0.25, 0.3) is 0 Å². The zero-order chi connectivity index (χ0) is 17.1. The van der Waals surface area contributed by atoms with Crippen molar-refractivity contribution in [1.29, 1.82) is 0 Å². The van der Waals surface area contributed by atoms with E-state index in [0.29, 0.717) is 0 Å². The molecular weight excluding hydrogens is 334 g/mol. The van der Waals surface area contributed by atoms with E-state index in [4.69, 9.17) is 4.74 Å². The second kappa shape index (κ2) is 7.96. The number of urea groups is 1. The van der Waals surface area contributed by atoms with Gasteiger partial charge in [-0.2, -0.15) is 0 Å². The molecule has 6 heteroatoms. The van der Waals surface area contributed by atoms with Crippen molar-refractivity contribution in [2.75, 3.05) is 45.9 Å². The van der Waals surface area contributed by atoms with Crippen LogP contribution in [0.25, 0.3) is 0 Å². The predicted octanol–water partition coefficient (Wildman–Crippen LogP) is 3.19. The van der Waals surface area contributed by atoms with E-state index in [9.17, 15) is 4.79 Å². The van der Waals surface area contributed by atoms with Gasteiger partial charge in [0, 0.05) is 31.1 Å². The molecule has 0 radical (unpaired) electrons. The summed E-state index contributed by atoms with van der Waals surface area (Å²) in [6, 6.07) is 2.43. The van der Waals surface area contributed by atoms with Gasteiger partial charge in [0.1, 0.15) is 0 Å². The van der Waals surface area contributed by atoms with Crippen LogP contribution in [0.5, 0.6) is 5.06 Å². The lowest BCUT2D eigenvalue weighted by Crippen LogP contribution is -2.43. The number of hydrogen-bond donors (Lipinski definition) is 0. The van der Waals surface area contributed by atoms with E-state index in [1.54, 1.807) is 11.3 Å². The Hall–Kier alpha value is -1.27. The van der Waals surface area contributed by atoms with Gasteiger partial charge in [0.2, 0.25) is 0 Å². The molecule has 0 N–H and O–H groups in total. The number of hydrogen-bond acceptors (Lipinski definition) is 4. The summed E-state index contributed by atoms with van der Waals surface area (Å²) >= 11 is 1.73. The first-order chi connectivity index (χ1) is 12.3. The van der Waals surface area contributed by atoms with Crippen LogP contribution in [0.2, 0.25) is 0 Å². The van der Waals surface area contributed by atoms with Crippen LogP contribution in [0.1, 0.15) is 42.5 Å². The maximum absolute atomic E-state index is 12.6. The lowest BCUT2D eigenvalue weighted by atomic mass is 10.1. The summed E-state index contributed by atoms with van der Waals surface area (Å²) in [6.45, 7) is 7.92. The molecule has 1 aromatic heterocycles. The standard InChI is InChI=1S/C19H29N3O2S/c23-19(21-10-3-4-11-21)22-12-6-16-14-18(25-17(16)15-22)24-13-5-9-20-7-1-2-8-20/h14H,1-13,15H2. The average Bonchev–Trinajstić information content (AvgIpc) is 3.39. The van der Waals surface area contributed by atoms with Gasteiger partial charge in [0.15, 0.2) is 5.06 Å². The monoisotopic (exact) mass is 363 g/mol. The molecule has 4 rings (SSSR count). The molecule has 2 saturated heterocycles. The molecule has 3 aliphatic heterocycles. The van der Waals surface area contributed by atoms with Crippen molar-refractivity contribution < 1.29 is 9.53 Å². The summed E-state index contributed by atoms with van der Waals surface area (Å²) < 4.78 is 5.99. The highest BCUT2D eigenvalue weighted by Gasteiger charge is 2.28. The lowest BCUT2D eigenvalue weighted by molar-refractivity contribution is 0.158. The highest BCUT2D eigenvalue weighted by atomic mass is 32.1. The highest BCUT2D eigenvalue weighted by Crippen LogP contribution is 2.34. The SMILES string of the molecule is O=C(N1CCCC1)N1CCc2cc(OCCCN3CCCC3)sc2C1. The van der Waals surface area contributed by atoms with E-state index in [1.165, 1.54) is 36.4 Å². The topological polar surface area (TPSA) is 36.0 Å². The maximum Gasteiger partial charge on any atom is 0.320 e. The summed E-state index contributed by atoms with van der Waals surface area (Å²) in [5.41, 5.74) is 1.38. The first-order valence-corrected chi connectivity index (χ1v) is 10.6.